The van der Waals surface area contributed by atoms with Gasteiger partial charge in [0.2, 0.25) is 0 Å². The zero-order chi connectivity index (χ0) is 25.9. The number of nitrogens with zero attached hydrogens (tertiary/aromatic N) is 2. The lowest BCUT2D eigenvalue weighted by Crippen LogP contribution is -2.65. The van der Waals surface area contributed by atoms with Gasteiger partial charge in [0.05, 0.1) is 18.1 Å². The maximum Gasteiger partial charge on any atom is 0.139 e. The van der Waals surface area contributed by atoms with Crippen LogP contribution in [0.1, 0.15) is 83.1 Å². The average molecular weight is 507 g/mol. The van der Waals surface area contributed by atoms with Crippen molar-refractivity contribution in [2.75, 3.05) is 0 Å². The van der Waals surface area contributed by atoms with Crippen molar-refractivity contribution in [3.05, 3.63) is 22.8 Å². The number of rotatable bonds is 4. The van der Waals surface area contributed by atoms with Crippen LogP contribution in [0.2, 0.25) is 39.3 Å². The molecule has 0 unspecified atom stereocenters. The van der Waals surface area contributed by atoms with E-state index in [9.17, 15) is 0 Å². The molecule has 0 aromatic carbocycles. The van der Waals surface area contributed by atoms with Crippen molar-refractivity contribution in [1.29, 1.82) is 0 Å². The summed E-state index contributed by atoms with van der Waals surface area (Å²) in [5, 5.41) is 0. The lowest BCUT2D eigenvalue weighted by Gasteiger charge is -2.62. The molecule has 0 aromatic rings. The van der Waals surface area contributed by atoms with E-state index >= 15 is 0 Å². The van der Waals surface area contributed by atoms with Crippen molar-refractivity contribution in [3.8, 4) is 0 Å². The van der Waals surface area contributed by atoms with E-state index in [4.69, 9.17) is 0 Å². The van der Waals surface area contributed by atoms with Crippen molar-refractivity contribution in [3.63, 3.8) is 0 Å². The van der Waals surface area contributed by atoms with E-state index in [0.29, 0.717) is 0 Å². The van der Waals surface area contributed by atoms with Gasteiger partial charge in [-0.15, -0.1) is 0 Å². The minimum absolute atomic E-state index is 0.0754. The summed E-state index contributed by atoms with van der Waals surface area (Å²) in [6.45, 7) is 44.7. The van der Waals surface area contributed by atoms with Gasteiger partial charge in [0.25, 0.3) is 0 Å². The molecule has 2 nitrogen and oxygen atoms in total. The normalized spacial score (nSPS) is 18.2. The summed E-state index contributed by atoms with van der Waals surface area (Å²) >= 11 is 0. The molecule has 0 N–H and O–H groups in total. The first-order valence-corrected chi connectivity index (χ1v) is 23.2. The minimum Gasteiger partial charge on any atom is -0.375 e. The first-order chi connectivity index (χ1) is 13.9. The standard InChI is InChI=1S/C26H54N2Si4/c1-23(2,3)19-20(24(4,5)6)28(32(17,18)30-14)22(26(10,11)12)21(25(7,8)9)27(19)31(15,16)29-13/h1-18H3. The summed E-state index contributed by atoms with van der Waals surface area (Å²) < 4.78 is 5.93. The molecule has 4 radical (unpaired) electrons. The summed E-state index contributed by atoms with van der Waals surface area (Å²) in [7, 11) is -1.53. The Labute approximate surface area is 209 Å². The summed E-state index contributed by atoms with van der Waals surface area (Å²) in [6.07, 6.45) is 0. The minimum atomic E-state index is -1.73. The van der Waals surface area contributed by atoms with Gasteiger partial charge in [-0.3, -0.25) is 0 Å². The van der Waals surface area contributed by atoms with Crippen molar-refractivity contribution >= 4 is 33.6 Å². The largest absolute Gasteiger partial charge is 0.375 e. The summed E-state index contributed by atoms with van der Waals surface area (Å²) in [4.78, 5) is 0. The fourth-order valence-corrected chi connectivity index (χ4v) is 11.9. The Hall–Kier alpha value is -0.0525. The van der Waals surface area contributed by atoms with Gasteiger partial charge in [-0.05, 0) is 0 Å². The highest BCUT2D eigenvalue weighted by atomic mass is 29.2. The second-order valence-electron chi connectivity index (χ2n) is 14.7. The van der Waals surface area contributed by atoms with Crippen LogP contribution < -0.4 is 0 Å². The lowest BCUT2D eigenvalue weighted by atomic mass is 9.75. The molecule has 184 valence electrons. The van der Waals surface area contributed by atoms with E-state index in [0.717, 1.165) is 18.1 Å². The Balaban J connectivity index is 4.57. The first kappa shape index (κ1) is 30.0. The predicted octanol–water partition coefficient (Wildman–Crippen LogP) is 8.12. The molecule has 32 heavy (non-hydrogen) atoms. The summed E-state index contributed by atoms with van der Waals surface area (Å²) in [6, 6.07) is 0. The van der Waals surface area contributed by atoms with E-state index in [-0.39, 0.29) is 21.7 Å². The zero-order valence-electron chi connectivity index (χ0n) is 24.9. The van der Waals surface area contributed by atoms with E-state index in [1.54, 1.807) is 22.8 Å². The summed E-state index contributed by atoms with van der Waals surface area (Å²) in [5.74, 6) is 0. The van der Waals surface area contributed by atoms with Gasteiger partial charge in [-0.2, -0.15) is 0 Å². The van der Waals surface area contributed by atoms with Crippen molar-refractivity contribution < 1.29 is 0 Å². The van der Waals surface area contributed by atoms with Gasteiger partial charge in [-0.1, -0.05) is 122 Å². The second kappa shape index (κ2) is 8.87. The molecule has 0 spiro atoms. The maximum atomic E-state index is 2.96. The smallest absolute Gasteiger partial charge is 0.139 e. The van der Waals surface area contributed by atoms with Crippen LogP contribution in [-0.4, -0.2) is 42.7 Å². The molecule has 0 bridgehead atoms. The fraction of sp³-hybridized carbons (Fsp3) is 0.846. The molecule has 6 heteroatoms. The number of hydrogen-bond acceptors (Lipinski definition) is 2. The molecule has 1 aliphatic heterocycles. The van der Waals surface area contributed by atoms with E-state index in [1.165, 1.54) is 0 Å². The monoisotopic (exact) mass is 506 g/mol. The highest BCUT2D eigenvalue weighted by molar-refractivity contribution is 7.22. The van der Waals surface area contributed by atoms with Gasteiger partial charge >= 0.3 is 0 Å². The quantitative estimate of drug-likeness (QED) is 0.355. The fourth-order valence-electron chi connectivity index (χ4n) is 4.75. The Bertz CT molecular complexity index is 650. The molecule has 0 amide bonds. The zero-order valence-corrected chi connectivity index (χ0v) is 28.9. The van der Waals surface area contributed by atoms with Gasteiger partial charge in [0.15, 0.2) is 0 Å². The Morgan fingerprint density at radius 3 is 0.688 bits per heavy atom. The predicted molar refractivity (Wildman–Crippen MR) is 154 cm³/mol. The Morgan fingerprint density at radius 2 is 0.594 bits per heavy atom. The molecular weight excluding hydrogens is 453 g/mol. The van der Waals surface area contributed by atoms with E-state index in [1.807, 2.05) is 0 Å². The highest BCUT2D eigenvalue weighted by Crippen LogP contribution is 2.55. The van der Waals surface area contributed by atoms with E-state index in [2.05, 4.69) is 131 Å². The molecule has 1 heterocycles. The highest BCUT2D eigenvalue weighted by Gasteiger charge is 2.53. The first-order valence-electron chi connectivity index (χ1n) is 12.3. The van der Waals surface area contributed by atoms with Crippen molar-refractivity contribution in [2.45, 2.75) is 122 Å². The van der Waals surface area contributed by atoms with Gasteiger partial charge in [-0.25, -0.2) is 0 Å². The number of hydrogen-bond donors (Lipinski definition) is 0. The van der Waals surface area contributed by atoms with Gasteiger partial charge < -0.3 is 9.13 Å². The molecule has 0 aliphatic carbocycles. The molecule has 1 rings (SSSR count). The van der Waals surface area contributed by atoms with Gasteiger partial charge in [0.1, 0.15) is 15.5 Å². The van der Waals surface area contributed by atoms with Crippen LogP contribution in [0.15, 0.2) is 22.8 Å². The molecule has 0 saturated carbocycles. The third kappa shape index (κ3) is 5.77. The molecule has 0 fully saturated rings. The van der Waals surface area contributed by atoms with Crippen LogP contribution in [0.3, 0.4) is 0 Å². The van der Waals surface area contributed by atoms with Crippen LogP contribution in [0, 0.1) is 21.7 Å². The molecular formula is C26H54N2Si4. The van der Waals surface area contributed by atoms with Crippen LogP contribution in [0.25, 0.3) is 0 Å². The molecule has 0 saturated heterocycles. The SMILES string of the molecule is C[Si][Si](C)(C)N1C(C(C)(C)C)=C(C(C)(C)C)N([Si](C)(C)[Si]C)C(C(C)(C)C)=C1C(C)(C)C. The van der Waals surface area contributed by atoms with E-state index < -0.39 is 15.5 Å². The van der Waals surface area contributed by atoms with Crippen LogP contribution >= 0.6 is 0 Å². The van der Waals surface area contributed by atoms with Crippen molar-refractivity contribution in [1.82, 2.24) is 9.13 Å². The molecule has 1 aliphatic rings. The Morgan fingerprint density at radius 1 is 0.438 bits per heavy atom. The van der Waals surface area contributed by atoms with Gasteiger partial charge in [0, 0.05) is 44.4 Å². The number of allylic oxidation sites excluding steroid dienone is 4. The van der Waals surface area contributed by atoms with Crippen LogP contribution in [-0.2, 0) is 0 Å². The Kier molecular flexibility index (Phi) is 8.31. The summed E-state index contributed by atoms with van der Waals surface area (Å²) in [5.41, 5.74) is 6.72. The topological polar surface area (TPSA) is 6.48 Å². The maximum absolute atomic E-state index is 2.96. The molecule has 0 atom stereocenters. The third-order valence-corrected chi connectivity index (χ3v) is 20.8. The van der Waals surface area contributed by atoms with Crippen LogP contribution in [0.4, 0.5) is 0 Å². The average Bonchev–Trinajstić information content (AvgIpc) is 2.55. The third-order valence-electron chi connectivity index (χ3n) is 6.53. The second-order valence-corrected chi connectivity index (χ2v) is 33.2. The van der Waals surface area contributed by atoms with Crippen molar-refractivity contribution in [2.24, 2.45) is 21.7 Å². The molecule has 0 aromatic heterocycles. The lowest BCUT2D eigenvalue weighted by molar-refractivity contribution is 0.232. The van der Waals surface area contributed by atoms with Crippen LogP contribution in [0.5, 0.6) is 0 Å².